The van der Waals surface area contributed by atoms with Crippen LogP contribution in [0.1, 0.15) is 11.3 Å². The number of nitrogens with one attached hydrogen (secondary N) is 1. The van der Waals surface area contributed by atoms with E-state index in [1.165, 1.54) is 0 Å². The minimum Gasteiger partial charge on any atom is -0.356 e. The Morgan fingerprint density at radius 2 is 1.92 bits per heavy atom. The molecule has 0 saturated heterocycles. The quantitative estimate of drug-likeness (QED) is 0.581. The Balaban J connectivity index is 1.51. The maximum atomic E-state index is 5.99. The molecule has 5 nitrogen and oxygen atoms in total. The van der Waals surface area contributed by atoms with Crippen molar-refractivity contribution in [3.63, 3.8) is 0 Å². The number of fused-ring (bicyclic) bond motifs is 2. The molecule has 0 atom stereocenters. The third-order valence-corrected chi connectivity index (χ3v) is 4.87. The summed E-state index contributed by atoms with van der Waals surface area (Å²) < 4.78 is 5.64. The van der Waals surface area contributed by atoms with Crippen molar-refractivity contribution in [2.24, 2.45) is 0 Å². The summed E-state index contributed by atoms with van der Waals surface area (Å²) in [6, 6.07) is 15.7. The number of aromatic amines is 1. The largest absolute Gasteiger partial charge is 0.356 e. The van der Waals surface area contributed by atoms with Gasteiger partial charge in [0.1, 0.15) is 0 Å². The molecule has 0 saturated carbocycles. The number of halogens is 1. The van der Waals surface area contributed by atoms with E-state index < -0.39 is 0 Å². The average Bonchev–Trinajstić information content (AvgIpc) is 3.26. The lowest BCUT2D eigenvalue weighted by molar-refractivity contribution is 0.424. The van der Waals surface area contributed by atoms with Crippen LogP contribution >= 0.6 is 11.6 Å². The van der Waals surface area contributed by atoms with Gasteiger partial charge in [0.25, 0.3) is 0 Å². The molecule has 4 aromatic rings. The molecular formula is C19H15ClN4O. The number of anilines is 1. The van der Waals surface area contributed by atoms with Gasteiger partial charge in [0.2, 0.25) is 5.95 Å². The number of H-pyrrole nitrogens is 1. The van der Waals surface area contributed by atoms with Crippen molar-refractivity contribution < 1.29 is 4.52 Å². The zero-order valence-electron chi connectivity index (χ0n) is 13.4. The second-order valence-corrected chi connectivity index (χ2v) is 6.63. The van der Waals surface area contributed by atoms with Crippen LogP contribution in [0.15, 0.2) is 53.1 Å². The molecule has 124 valence electrons. The summed E-state index contributed by atoms with van der Waals surface area (Å²) >= 11 is 5.99. The molecule has 0 bridgehead atoms. The van der Waals surface area contributed by atoms with E-state index in [4.69, 9.17) is 21.1 Å². The van der Waals surface area contributed by atoms with Crippen molar-refractivity contribution in [3.05, 3.63) is 64.8 Å². The Morgan fingerprint density at radius 1 is 1.08 bits per heavy atom. The first-order valence-electron chi connectivity index (χ1n) is 8.21. The van der Waals surface area contributed by atoms with Gasteiger partial charge in [0, 0.05) is 29.1 Å². The van der Waals surface area contributed by atoms with Crippen LogP contribution < -0.4 is 4.90 Å². The molecular weight excluding hydrogens is 336 g/mol. The van der Waals surface area contributed by atoms with Gasteiger partial charge in [-0.15, -0.1) is 0 Å². The number of benzene rings is 2. The van der Waals surface area contributed by atoms with E-state index in [-0.39, 0.29) is 0 Å². The van der Waals surface area contributed by atoms with E-state index in [1.54, 1.807) is 0 Å². The van der Waals surface area contributed by atoms with Gasteiger partial charge in [-0.2, -0.15) is 0 Å². The summed E-state index contributed by atoms with van der Waals surface area (Å²) in [5.74, 6) is 1.70. The third-order valence-electron chi connectivity index (χ3n) is 4.62. The summed E-state index contributed by atoms with van der Waals surface area (Å²) in [6.07, 6.45) is 0.837. The van der Waals surface area contributed by atoms with E-state index in [0.717, 1.165) is 59.1 Å². The molecule has 1 aliphatic rings. The Hall–Kier alpha value is -2.79. The van der Waals surface area contributed by atoms with Gasteiger partial charge in [0.05, 0.1) is 23.3 Å². The number of rotatable bonds is 2. The fourth-order valence-corrected chi connectivity index (χ4v) is 3.44. The predicted octanol–water partition coefficient (Wildman–Crippen LogP) is 4.43. The van der Waals surface area contributed by atoms with Crippen molar-refractivity contribution in [3.8, 4) is 11.3 Å². The molecule has 1 N–H and O–H groups in total. The first kappa shape index (κ1) is 14.5. The van der Waals surface area contributed by atoms with Crippen LogP contribution in [0.25, 0.3) is 22.4 Å². The normalized spacial score (nSPS) is 14.0. The molecule has 2 aromatic carbocycles. The van der Waals surface area contributed by atoms with E-state index in [2.05, 4.69) is 15.0 Å². The van der Waals surface area contributed by atoms with E-state index >= 15 is 0 Å². The fraction of sp³-hybridized carbons (Fsp3) is 0.158. The van der Waals surface area contributed by atoms with Gasteiger partial charge in [-0.1, -0.05) is 28.9 Å². The highest BCUT2D eigenvalue weighted by molar-refractivity contribution is 6.30. The second-order valence-electron chi connectivity index (χ2n) is 6.19. The average molecular weight is 351 g/mol. The summed E-state index contributed by atoms with van der Waals surface area (Å²) in [6.45, 7) is 1.58. The first-order chi connectivity index (χ1) is 12.3. The molecule has 3 heterocycles. The topological polar surface area (TPSA) is 58.0 Å². The van der Waals surface area contributed by atoms with Crippen molar-refractivity contribution >= 4 is 28.6 Å². The molecule has 0 radical (unpaired) electrons. The van der Waals surface area contributed by atoms with Crippen LogP contribution in [0.3, 0.4) is 0 Å². The molecule has 6 heteroatoms. The molecule has 25 heavy (non-hydrogen) atoms. The van der Waals surface area contributed by atoms with Gasteiger partial charge in [-0.05, 0) is 36.4 Å². The van der Waals surface area contributed by atoms with Gasteiger partial charge in [0.15, 0.2) is 5.76 Å². The summed E-state index contributed by atoms with van der Waals surface area (Å²) in [4.78, 5) is 10.3. The lowest BCUT2D eigenvalue weighted by Gasteiger charge is -2.25. The number of para-hydroxylation sites is 2. The number of imidazole rings is 1. The van der Waals surface area contributed by atoms with Gasteiger partial charge >= 0.3 is 0 Å². The summed E-state index contributed by atoms with van der Waals surface area (Å²) in [5.41, 5.74) is 5.16. The lowest BCUT2D eigenvalue weighted by Crippen LogP contribution is -2.31. The predicted molar refractivity (Wildman–Crippen MR) is 97.8 cm³/mol. The molecule has 2 aromatic heterocycles. The minimum atomic E-state index is 0.709. The zero-order valence-corrected chi connectivity index (χ0v) is 14.1. The maximum absolute atomic E-state index is 5.99. The van der Waals surface area contributed by atoms with Crippen LogP contribution in [-0.4, -0.2) is 21.7 Å². The highest BCUT2D eigenvalue weighted by Crippen LogP contribution is 2.32. The smallest absolute Gasteiger partial charge is 0.204 e. The van der Waals surface area contributed by atoms with E-state index in [1.807, 2.05) is 48.5 Å². The molecule has 5 rings (SSSR count). The van der Waals surface area contributed by atoms with E-state index in [9.17, 15) is 0 Å². The Labute approximate surface area is 149 Å². The highest BCUT2D eigenvalue weighted by Gasteiger charge is 2.26. The Kier molecular flexibility index (Phi) is 3.28. The second kappa shape index (κ2) is 5.63. The molecule has 0 spiro atoms. The molecule has 0 aliphatic carbocycles. The standard InChI is InChI=1S/C19H15ClN4O/c20-13-7-5-12(6-8-13)18-14-11-24(10-9-15(14)23-25-18)19-21-16-3-1-2-4-17(16)22-19/h1-8H,9-11H2,(H,21,22). The highest BCUT2D eigenvalue weighted by atomic mass is 35.5. The molecule has 0 unspecified atom stereocenters. The minimum absolute atomic E-state index is 0.709. The maximum Gasteiger partial charge on any atom is 0.204 e. The van der Waals surface area contributed by atoms with Crippen molar-refractivity contribution in [1.29, 1.82) is 0 Å². The number of aromatic nitrogens is 3. The summed E-state index contributed by atoms with van der Waals surface area (Å²) in [5, 5.41) is 4.97. The van der Waals surface area contributed by atoms with Gasteiger partial charge in [-0.25, -0.2) is 4.98 Å². The van der Waals surface area contributed by atoms with Crippen LogP contribution in [0.4, 0.5) is 5.95 Å². The Bertz CT molecular complexity index is 1020. The zero-order chi connectivity index (χ0) is 16.8. The third kappa shape index (κ3) is 2.48. The van der Waals surface area contributed by atoms with Crippen molar-refractivity contribution in [2.75, 3.05) is 11.4 Å². The molecule has 0 fully saturated rings. The molecule has 0 amide bonds. The molecule has 1 aliphatic heterocycles. The van der Waals surface area contributed by atoms with E-state index in [0.29, 0.717) is 5.02 Å². The van der Waals surface area contributed by atoms with Crippen LogP contribution in [-0.2, 0) is 13.0 Å². The SMILES string of the molecule is Clc1ccc(-c2onc3c2CN(c2nc4ccccc4[nH]2)CC3)cc1. The monoisotopic (exact) mass is 350 g/mol. The van der Waals surface area contributed by atoms with Crippen LogP contribution in [0.2, 0.25) is 5.02 Å². The first-order valence-corrected chi connectivity index (χ1v) is 8.59. The van der Waals surface area contributed by atoms with Crippen molar-refractivity contribution in [1.82, 2.24) is 15.1 Å². The van der Waals surface area contributed by atoms with Gasteiger partial charge < -0.3 is 14.4 Å². The Morgan fingerprint density at radius 3 is 2.76 bits per heavy atom. The number of hydrogen-bond donors (Lipinski definition) is 1. The van der Waals surface area contributed by atoms with Crippen molar-refractivity contribution in [2.45, 2.75) is 13.0 Å². The van der Waals surface area contributed by atoms with Crippen LogP contribution in [0, 0.1) is 0 Å². The summed E-state index contributed by atoms with van der Waals surface area (Å²) in [7, 11) is 0. The lowest BCUT2D eigenvalue weighted by atomic mass is 10.0. The van der Waals surface area contributed by atoms with Gasteiger partial charge in [-0.3, -0.25) is 0 Å². The number of nitrogens with zero attached hydrogens (tertiary/aromatic N) is 3. The fourth-order valence-electron chi connectivity index (χ4n) is 3.31. The number of hydrogen-bond acceptors (Lipinski definition) is 4. The van der Waals surface area contributed by atoms with Crippen LogP contribution in [0.5, 0.6) is 0 Å².